The zero-order valence-corrected chi connectivity index (χ0v) is 17.0. The van der Waals surface area contributed by atoms with E-state index in [0.29, 0.717) is 5.56 Å². The number of hydrogen-bond donors (Lipinski definition) is 1. The third kappa shape index (κ3) is 4.45. The highest BCUT2D eigenvalue weighted by molar-refractivity contribution is 6.05. The molecule has 0 radical (unpaired) electrons. The topological polar surface area (TPSA) is 58.1 Å². The number of hydrogen-bond acceptors (Lipinski definition) is 4. The quantitative estimate of drug-likeness (QED) is 0.685. The first-order valence-electron chi connectivity index (χ1n) is 10.2. The van der Waals surface area contributed by atoms with Crippen LogP contribution in [0.1, 0.15) is 40.7 Å². The van der Waals surface area contributed by atoms with Crippen LogP contribution >= 0.6 is 0 Å². The highest BCUT2D eigenvalue weighted by Crippen LogP contribution is 2.24. The molecule has 1 aliphatic heterocycles. The van der Waals surface area contributed by atoms with E-state index in [0.717, 1.165) is 41.4 Å². The maximum atomic E-state index is 12.8. The molecular weight excluding hydrogens is 360 g/mol. The summed E-state index contributed by atoms with van der Waals surface area (Å²) in [5.74, 6) is 0.837. The third-order valence-electron chi connectivity index (χ3n) is 5.38. The predicted octanol–water partition coefficient (Wildman–Crippen LogP) is 5.00. The van der Waals surface area contributed by atoms with Crippen LogP contribution in [-0.2, 0) is 0 Å². The first kappa shape index (κ1) is 19.1. The van der Waals surface area contributed by atoms with Crippen molar-refractivity contribution in [1.82, 2.24) is 9.97 Å². The number of aryl methyl sites for hydroxylation is 2. The number of rotatable bonds is 4. The lowest BCUT2D eigenvalue weighted by Crippen LogP contribution is -2.30. The van der Waals surface area contributed by atoms with Gasteiger partial charge < -0.3 is 10.2 Å². The summed E-state index contributed by atoms with van der Waals surface area (Å²) in [5.41, 5.74) is 5.42. The number of carbonyl (C=O) groups is 1. The van der Waals surface area contributed by atoms with Crippen LogP contribution in [-0.4, -0.2) is 29.0 Å². The summed E-state index contributed by atoms with van der Waals surface area (Å²) in [4.78, 5) is 24.0. The highest BCUT2D eigenvalue weighted by atomic mass is 16.1. The van der Waals surface area contributed by atoms with E-state index in [4.69, 9.17) is 0 Å². The summed E-state index contributed by atoms with van der Waals surface area (Å²) in [6.07, 6.45) is 5.30. The number of carbonyl (C=O) groups excluding carboxylic acids is 1. The molecule has 5 nitrogen and oxygen atoms in total. The number of amides is 1. The van der Waals surface area contributed by atoms with Crippen LogP contribution in [0.15, 0.2) is 54.9 Å². The second-order valence-electron chi connectivity index (χ2n) is 7.66. The third-order valence-corrected chi connectivity index (χ3v) is 5.38. The molecule has 1 amide bonds. The number of aromatic nitrogens is 2. The number of benzene rings is 2. The fraction of sp³-hybridized carbons (Fsp3) is 0.292. The van der Waals surface area contributed by atoms with Crippen molar-refractivity contribution >= 4 is 17.4 Å². The van der Waals surface area contributed by atoms with Crippen molar-refractivity contribution in [3.8, 4) is 11.3 Å². The molecule has 0 bridgehead atoms. The molecule has 1 saturated heterocycles. The summed E-state index contributed by atoms with van der Waals surface area (Å²) >= 11 is 0. The van der Waals surface area contributed by atoms with E-state index in [1.54, 1.807) is 6.33 Å². The minimum absolute atomic E-state index is 0.121. The van der Waals surface area contributed by atoms with Crippen LogP contribution in [0, 0.1) is 13.8 Å². The van der Waals surface area contributed by atoms with Crippen LogP contribution in [0.5, 0.6) is 0 Å². The molecule has 2 heterocycles. The van der Waals surface area contributed by atoms with Crippen LogP contribution < -0.4 is 10.2 Å². The molecule has 2 aromatic carbocycles. The highest BCUT2D eigenvalue weighted by Gasteiger charge is 2.14. The first-order valence-corrected chi connectivity index (χ1v) is 10.2. The molecule has 1 aliphatic rings. The van der Waals surface area contributed by atoms with Gasteiger partial charge in [-0.15, -0.1) is 0 Å². The van der Waals surface area contributed by atoms with Gasteiger partial charge in [0.05, 0.1) is 5.69 Å². The van der Waals surface area contributed by atoms with Crippen LogP contribution in [0.4, 0.5) is 11.5 Å². The Kier molecular flexibility index (Phi) is 5.56. The van der Waals surface area contributed by atoms with Gasteiger partial charge in [0.2, 0.25) is 0 Å². The van der Waals surface area contributed by atoms with Gasteiger partial charge in [-0.1, -0.05) is 29.8 Å². The lowest BCUT2D eigenvalue weighted by molar-refractivity contribution is 0.102. The van der Waals surface area contributed by atoms with Gasteiger partial charge in [0, 0.05) is 36.0 Å². The lowest BCUT2D eigenvalue weighted by Gasteiger charge is -2.27. The van der Waals surface area contributed by atoms with Crippen molar-refractivity contribution < 1.29 is 4.79 Å². The number of nitrogens with zero attached hydrogens (tertiary/aromatic N) is 3. The van der Waals surface area contributed by atoms with Crippen LogP contribution in [0.25, 0.3) is 11.3 Å². The second-order valence-corrected chi connectivity index (χ2v) is 7.66. The molecule has 1 aromatic heterocycles. The molecular formula is C24H26N4O. The minimum atomic E-state index is -0.121. The maximum absolute atomic E-state index is 12.8. The standard InChI is InChI=1S/C24H26N4O/c1-17-9-10-21(18(2)13-17)27-24(29)20-8-6-7-19(14-20)22-15-23(26-16-25-22)28-11-4-3-5-12-28/h6-10,13-16H,3-5,11-12H2,1-2H3,(H,27,29). The van der Waals surface area contributed by atoms with E-state index in [1.807, 2.05) is 56.3 Å². The van der Waals surface area contributed by atoms with E-state index in [9.17, 15) is 4.79 Å². The molecule has 0 spiro atoms. The van der Waals surface area contributed by atoms with Gasteiger partial charge in [-0.2, -0.15) is 0 Å². The van der Waals surface area contributed by atoms with Gasteiger partial charge in [-0.05, 0) is 56.9 Å². The Balaban J connectivity index is 1.56. The molecule has 3 aromatic rings. The smallest absolute Gasteiger partial charge is 0.255 e. The Labute approximate surface area is 171 Å². The van der Waals surface area contributed by atoms with Crippen molar-refractivity contribution in [3.63, 3.8) is 0 Å². The fourth-order valence-corrected chi connectivity index (χ4v) is 3.77. The van der Waals surface area contributed by atoms with Crippen molar-refractivity contribution in [2.45, 2.75) is 33.1 Å². The van der Waals surface area contributed by atoms with Crippen molar-refractivity contribution in [1.29, 1.82) is 0 Å². The molecule has 0 saturated carbocycles. The number of anilines is 2. The van der Waals surface area contributed by atoms with Crippen molar-refractivity contribution in [2.24, 2.45) is 0 Å². The van der Waals surface area contributed by atoms with Gasteiger partial charge in [0.25, 0.3) is 5.91 Å². The number of nitrogens with one attached hydrogen (secondary N) is 1. The molecule has 29 heavy (non-hydrogen) atoms. The molecule has 0 atom stereocenters. The largest absolute Gasteiger partial charge is 0.357 e. The molecule has 1 fully saturated rings. The Hall–Kier alpha value is -3.21. The monoisotopic (exact) mass is 386 g/mol. The van der Waals surface area contributed by atoms with Gasteiger partial charge in [0.15, 0.2) is 0 Å². The average molecular weight is 386 g/mol. The van der Waals surface area contributed by atoms with Crippen LogP contribution in [0.3, 0.4) is 0 Å². The zero-order valence-electron chi connectivity index (χ0n) is 17.0. The van der Waals surface area contributed by atoms with Crippen molar-refractivity contribution in [3.05, 3.63) is 71.5 Å². The molecule has 4 rings (SSSR count). The fourth-order valence-electron chi connectivity index (χ4n) is 3.77. The summed E-state index contributed by atoms with van der Waals surface area (Å²) < 4.78 is 0. The summed E-state index contributed by atoms with van der Waals surface area (Å²) in [7, 11) is 0. The minimum Gasteiger partial charge on any atom is -0.357 e. The summed E-state index contributed by atoms with van der Waals surface area (Å²) in [6.45, 7) is 6.12. The Morgan fingerprint density at radius 2 is 1.79 bits per heavy atom. The van der Waals surface area contributed by atoms with Crippen molar-refractivity contribution in [2.75, 3.05) is 23.3 Å². The molecule has 148 valence electrons. The van der Waals surface area contributed by atoms with E-state index in [1.165, 1.54) is 24.8 Å². The van der Waals surface area contributed by atoms with E-state index >= 15 is 0 Å². The van der Waals surface area contributed by atoms with Gasteiger partial charge in [0.1, 0.15) is 12.1 Å². The van der Waals surface area contributed by atoms with E-state index < -0.39 is 0 Å². The lowest BCUT2D eigenvalue weighted by atomic mass is 10.1. The Morgan fingerprint density at radius 3 is 2.59 bits per heavy atom. The van der Waals surface area contributed by atoms with Gasteiger partial charge in [-0.3, -0.25) is 4.79 Å². The molecule has 0 unspecified atom stereocenters. The second kappa shape index (κ2) is 8.43. The molecule has 1 N–H and O–H groups in total. The summed E-state index contributed by atoms with van der Waals surface area (Å²) in [5, 5.41) is 3.02. The van der Waals surface area contributed by atoms with E-state index in [-0.39, 0.29) is 5.91 Å². The predicted molar refractivity (Wildman–Crippen MR) is 117 cm³/mol. The number of piperidine rings is 1. The van der Waals surface area contributed by atoms with Crippen LogP contribution in [0.2, 0.25) is 0 Å². The van der Waals surface area contributed by atoms with Gasteiger partial charge in [-0.25, -0.2) is 9.97 Å². The Bertz CT molecular complexity index is 1020. The maximum Gasteiger partial charge on any atom is 0.255 e. The first-order chi connectivity index (χ1) is 14.1. The summed E-state index contributed by atoms with van der Waals surface area (Å²) in [6, 6.07) is 15.6. The zero-order chi connectivity index (χ0) is 20.2. The average Bonchev–Trinajstić information content (AvgIpc) is 2.76. The molecule has 5 heteroatoms. The molecule has 0 aliphatic carbocycles. The van der Waals surface area contributed by atoms with Gasteiger partial charge >= 0.3 is 0 Å². The SMILES string of the molecule is Cc1ccc(NC(=O)c2cccc(-c3cc(N4CCCCC4)ncn3)c2)c(C)c1. The Morgan fingerprint density at radius 1 is 0.966 bits per heavy atom. The van der Waals surface area contributed by atoms with E-state index in [2.05, 4.69) is 26.3 Å². The normalized spacial score (nSPS) is 13.9.